The average molecular weight is 331 g/mol. The summed E-state index contributed by atoms with van der Waals surface area (Å²) >= 11 is 0. The van der Waals surface area contributed by atoms with Crippen LogP contribution in [0.5, 0.6) is 5.75 Å². The number of fused-ring (bicyclic) bond motifs is 1. The van der Waals surface area contributed by atoms with Crippen LogP contribution in [0.1, 0.15) is 25.8 Å². The van der Waals surface area contributed by atoms with Gasteiger partial charge in [0, 0.05) is 0 Å². The summed E-state index contributed by atoms with van der Waals surface area (Å²) in [6.07, 6.45) is 1.03. The van der Waals surface area contributed by atoms with E-state index in [1.54, 1.807) is 31.4 Å². The molecule has 2 heterocycles. The van der Waals surface area contributed by atoms with Crippen LogP contribution in [0.2, 0.25) is 0 Å². The van der Waals surface area contributed by atoms with Crippen molar-refractivity contribution in [2.24, 2.45) is 0 Å². The standard InChI is InChI=1S/C17H22N4O3/c1-4-11(2)20-9-14-15(18-10-20)21(17(23)19-16(14)22)12-5-7-13(24-3)8-6-12/h5-8,11,18H,4,9-10H2,1-3H3,(H,19,22,23)/p+1/t11-/m0/s1. The smallest absolute Gasteiger partial charge is 0.334 e. The molecule has 0 amide bonds. The van der Waals surface area contributed by atoms with E-state index in [2.05, 4.69) is 24.1 Å². The number of H-pyrrole nitrogens is 1. The lowest BCUT2D eigenvalue weighted by molar-refractivity contribution is -0.935. The van der Waals surface area contributed by atoms with E-state index in [1.807, 2.05) is 0 Å². The van der Waals surface area contributed by atoms with Crippen LogP contribution < -0.4 is 26.2 Å². The molecule has 0 saturated heterocycles. The van der Waals surface area contributed by atoms with Gasteiger partial charge in [-0.3, -0.25) is 9.78 Å². The Kier molecular flexibility index (Phi) is 4.44. The summed E-state index contributed by atoms with van der Waals surface area (Å²) in [6, 6.07) is 7.62. The third kappa shape index (κ3) is 2.82. The van der Waals surface area contributed by atoms with Gasteiger partial charge in [0.2, 0.25) is 0 Å². The highest BCUT2D eigenvalue weighted by molar-refractivity contribution is 5.51. The molecule has 7 nitrogen and oxygen atoms in total. The van der Waals surface area contributed by atoms with Crippen molar-refractivity contribution in [3.05, 3.63) is 50.7 Å². The minimum Gasteiger partial charge on any atom is -0.497 e. The number of quaternary nitrogens is 1. The maximum atomic E-state index is 12.4. The molecule has 1 aliphatic rings. The summed E-state index contributed by atoms with van der Waals surface area (Å²) in [5, 5.41) is 3.28. The van der Waals surface area contributed by atoms with Crippen molar-refractivity contribution >= 4 is 5.82 Å². The Morgan fingerprint density at radius 2 is 2.00 bits per heavy atom. The zero-order valence-electron chi connectivity index (χ0n) is 14.2. The highest BCUT2D eigenvalue weighted by Gasteiger charge is 2.28. The SMILES string of the molecule is CC[C@H](C)[NH+]1CNc2c(c(=O)[nH]c(=O)n2-c2ccc(OC)cc2)C1. The van der Waals surface area contributed by atoms with E-state index in [9.17, 15) is 9.59 Å². The number of benzene rings is 1. The van der Waals surface area contributed by atoms with E-state index >= 15 is 0 Å². The molecule has 1 aromatic heterocycles. The fourth-order valence-corrected chi connectivity index (χ4v) is 3.02. The normalized spacial score (nSPS) is 17.7. The van der Waals surface area contributed by atoms with Crippen molar-refractivity contribution in [3.8, 4) is 11.4 Å². The van der Waals surface area contributed by atoms with Gasteiger partial charge in [0.05, 0.1) is 18.8 Å². The molecule has 3 rings (SSSR count). The van der Waals surface area contributed by atoms with Crippen LogP contribution in [0.15, 0.2) is 33.9 Å². The number of hydrogen-bond acceptors (Lipinski definition) is 4. The van der Waals surface area contributed by atoms with Crippen LogP contribution in [-0.4, -0.2) is 29.4 Å². The summed E-state index contributed by atoms with van der Waals surface area (Å²) in [5.41, 5.74) is 0.552. The molecule has 2 aromatic rings. The quantitative estimate of drug-likeness (QED) is 0.742. The fourth-order valence-electron chi connectivity index (χ4n) is 3.02. The first-order valence-corrected chi connectivity index (χ1v) is 8.16. The summed E-state index contributed by atoms with van der Waals surface area (Å²) in [6.45, 7) is 5.58. The van der Waals surface area contributed by atoms with Gasteiger partial charge >= 0.3 is 5.69 Å². The summed E-state index contributed by atoms with van der Waals surface area (Å²) in [7, 11) is 1.59. The first-order chi connectivity index (χ1) is 11.5. The zero-order valence-corrected chi connectivity index (χ0v) is 14.2. The number of nitrogens with zero attached hydrogens (tertiary/aromatic N) is 1. The molecule has 1 aliphatic heterocycles. The number of ether oxygens (including phenoxy) is 1. The van der Waals surface area contributed by atoms with Crippen molar-refractivity contribution in [2.75, 3.05) is 19.1 Å². The van der Waals surface area contributed by atoms with Crippen LogP contribution in [0, 0.1) is 0 Å². The molecule has 0 bridgehead atoms. The minimum atomic E-state index is -0.441. The first kappa shape index (κ1) is 16.3. The molecule has 7 heteroatoms. The fraction of sp³-hybridized carbons (Fsp3) is 0.412. The molecule has 0 spiro atoms. The van der Waals surface area contributed by atoms with Crippen molar-refractivity contribution in [1.82, 2.24) is 9.55 Å². The number of rotatable bonds is 4. The van der Waals surface area contributed by atoms with E-state index in [0.717, 1.165) is 6.42 Å². The Balaban J connectivity index is 2.09. The first-order valence-electron chi connectivity index (χ1n) is 8.16. The van der Waals surface area contributed by atoms with Crippen molar-refractivity contribution in [3.63, 3.8) is 0 Å². The van der Waals surface area contributed by atoms with Gasteiger partial charge in [-0.25, -0.2) is 9.36 Å². The summed E-state index contributed by atoms with van der Waals surface area (Å²) < 4.78 is 6.67. The number of anilines is 1. The second-order valence-electron chi connectivity index (χ2n) is 6.12. The molecule has 0 saturated carbocycles. The molecule has 0 aliphatic carbocycles. The van der Waals surface area contributed by atoms with Gasteiger partial charge in [-0.2, -0.15) is 0 Å². The average Bonchev–Trinajstić information content (AvgIpc) is 2.61. The van der Waals surface area contributed by atoms with Gasteiger partial charge in [-0.15, -0.1) is 0 Å². The van der Waals surface area contributed by atoms with Crippen LogP contribution in [0.25, 0.3) is 5.69 Å². The van der Waals surface area contributed by atoms with Crippen LogP contribution in [0.3, 0.4) is 0 Å². The predicted molar refractivity (Wildman–Crippen MR) is 92.1 cm³/mol. The highest BCUT2D eigenvalue weighted by atomic mass is 16.5. The van der Waals surface area contributed by atoms with Crippen molar-refractivity contribution in [2.45, 2.75) is 32.9 Å². The minimum absolute atomic E-state index is 0.312. The molecule has 0 radical (unpaired) electrons. The molecule has 3 N–H and O–H groups in total. The number of hydrogen-bond donors (Lipinski definition) is 3. The molecule has 0 fully saturated rings. The summed E-state index contributed by atoms with van der Waals surface area (Å²) in [5.74, 6) is 1.30. The largest absolute Gasteiger partial charge is 0.497 e. The van der Waals surface area contributed by atoms with Crippen molar-refractivity contribution < 1.29 is 9.64 Å². The molecule has 2 atom stereocenters. The number of aromatic nitrogens is 2. The topological polar surface area (TPSA) is 80.6 Å². The van der Waals surface area contributed by atoms with Gasteiger partial charge in [-0.05, 0) is 37.6 Å². The second kappa shape index (κ2) is 6.52. The van der Waals surface area contributed by atoms with Crippen molar-refractivity contribution in [1.29, 1.82) is 0 Å². The predicted octanol–water partition coefficient (Wildman–Crippen LogP) is 0.101. The third-order valence-electron chi connectivity index (χ3n) is 4.73. The van der Waals surface area contributed by atoms with Gasteiger partial charge in [-0.1, -0.05) is 6.92 Å². The third-order valence-corrected chi connectivity index (χ3v) is 4.73. The lowest BCUT2D eigenvalue weighted by atomic mass is 10.1. The monoisotopic (exact) mass is 331 g/mol. The molecule has 128 valence electrons. The van der Waals surface area contributed by atoms with Gasteiger partial charge in [0.1, 0.15) is 23.7 Å². The molecular formula is C17H23N4O3+. The lowest BCUT2D eigenvalue weighted by Crippen LogP contribution is -3.16. The van der Waals surface area contributed by atoms with E-state index in [4.69, 9.17) is 4.74 Å². The maximum Gasteiger partial charge on any atom is 0.334 e. The Hall–Kier alpha value is -2.54. The second-order valence-corrected chi connectivity index (χ2v) is 6.12. The van der Waals surface area contributed by atoms with E-state index < -0.39 is 5.69 Å². The molecule has 24 heavy (non-hydrogen) atoms. The maximum absolute atomic E-state index is 12.4. The van der Waals surface area contributed by atoms with Crippen LogP contribution >= 0.6 is 0 Å². The summed E-state index contributed by atoms with van der Waals surface area (Å²) in [4.78, 5) is 28.4. The highest BCUT2D eigenvalue weighted by Crippen LogP contribution is 2.19. The molecule has 1 aromatic carbocycles. The Bertz CT molecular complexity index is 838. The lowest BCUT2D eigenvalue weighted by Gasteiger charge is -2.31. The Morgan fingerprint density at radius 3 is 2.62 bits per heavy atom. The van der Waals surface area contributed by atoms with Gasteiger partial charge < -0.3 is 15.0 Å². The van der Waals surface area contributed by atoms with E-state index in [1.165, 1.54) is 9.47 Å². The zero-order chi connectivity index (χ0) is 17.3. The van der Waals surface area contributed by atoms with Crippen LogP contribution in [0.4, 0.5) is 5.82 Å². The van der Waals surface area contributed by atoms with E-state index in [-0.39, 0.29) is 5.56 Å². The van der Waals surface area contributed by atoms with Gasteiger partial charge in [0.15, 0.2) is 6.67 Å². The number of aromatic amines is 1. The van der Waals surface area contributed by atoms with Crippen LogP contribution in [-0.2, 0) is 6.54 Å². The van der Waals surface area contributed by atoms with E-state index in [0.29, 0.717) is 42.1 Å². The Morgan fingerprint density at radius 1 is 1.29 bits per heavy atom. The van der Waals surface area contributed by atoms with Gasteiger partial charge in [0.25, 0.3) is 5.56 Å². The number of nitrogens with one attached hydrogen (secondary N) is 3. The Labute approximate surface area is 139 Å². The molecule has 1 unspecified atom stereocenters. The molecular weight excluding hydrogens is 308 g/mol. The number of methoxy groups -OCH3 is 1.